The van der Waals surface area contributed by atoms with Crippen LogP contribution in [0.4, 0.5) is 0 Å². The second-order valence-corrected chi connectivity index (χ2v) is 9.11. The maximum absolute atomic E-state index is 11.8. The molecule has 0 aromatic carbocycles. The lowest BCUT2D eigenvalue weighted by atomic mass is 9.95. The summed E-state index contributed by atoms with van der Waals surface area (Å²) in [5.74, 6) is -0.641. The van der Waals surface area contributed by atoms with E-state index in [4.69, 9.17) is 23.7 Å². The lowest BCUT2D eigenvalue weighted by Crippen LogP contribution is -2.68. The van der Waals surface area contributed by atoms with Gasteiger partial charge in [0, 0.05) is 6.92 Å². The number of carbonyl (C=O) groups is 1. The molecule has 0 aromatic rings. The minimum atomic E-state index is -1.84. The summed E-state index contributed by atoms with van der Waals surface area (Å²) in [5.41, 5.74) is 0. The lowest BCUT2D eigenvalue weighted by Gasteiger charge is -2.47. The van der Waals surface area contributed by atoms with Crippen molar-refractivity contribution in [3.63, 3.8) is 0 Å². The van der Waals surface area contributed by atoms with Crippen LogP contribution < -0.4 is 5.32 Å². The van der Waals surface area contributed by atoms with E-state index < -0.39 is 118 Å². The molecule has 17 nitrogen and oxygen atoms in total. The third kappa shape index (κ3) is 6.55. The van der Waals surface area contributed by atoms with Gasteiger partial charge < -0.3 is 80.1 Å². The van der Waals surface area contributed by atoms with E-state index in [1.807, 2.05) is 0 Å². The van der Waals surface area contributed by atoms with Crippen LogP contribution in [-0.4, -0.2) is 169 Å². The smallest absolute Gasteiger partial charge is 0.217 e. The number of carbonyl (C=O) groups excluding carboxylic acids is 1. The van der Waals surface area contributed by atoms with Crippen molar-refractivity contribution >= 4 is 5.91 Å². The van der Waals surface area contributed by atoms with Crippen molar-refractivity contribution in [3.8, 4) is 0 Å². The SMILES string of the molecule is CC(=O)NC1C(OCC2OC(O)C(O)C(O)C2O)OC(CO)C(OC2OC(CO)C(O)C(O)C2O)C1O. The predicted molar refractivity (Wildman–Crippen MR) is 113 cm³/mol. The van der Waals surface area contributed by atoms with Crippen LogP contribution in [-0.2, 0) is 28.5 Å². The maximum atomic E-state index is 11.8. The summed E-state index contributed by atoms with van der Waals surface area (Å²) in [5, 5.41) is 102. The van der Waals surface area contributed by atoms with E-state index in [1.165, 1.54) is 0 Å². The molecule has 0 bridgehead atoms. The standard InChI is InChI=1S/C20H35NO16/c1-5(24)21-9-12(27)17(37-20-16(31)14(29)10(25)6(2-22)35-20)7(3-23)36-19(9)33-4-8-11(26)13(28)15(30)18(32)34-8/h6-20,22-23,25-32H,2-4H2,1H3,(H,21,24). The van der Waals surface area contributed by atoms with Gasteiger partial charge in [-0.2, -0.15) is 0 Å². The molecule has 3 rings (SSSR count). The first kappa shape index (κ1) is 30.4. The highest BCUT2D eigenvalue weighted by Crippen LogP contribution is 2.30. The zero-order valence-electron chi connectivity index (χ0n) is 19.7. The summed E-state index contributed by atoms with van der Waals surface area (Å²) in [7, 11) is 0. The van der Waals surface area contributed by atoms with Gasteiger partial charge in [-0.25, -0.2) is 0 Å². The Morgan fingerprint density at radius 2 is 1.27 bits per heavy atom. The first-order valence-corrected chi connectivity index (χ1v) is 11.6. The third-order valence-corrected chi connectivity index (χ3v) is 6.47. The monoisotopic (exact) mass is 545 g/mol. The van der Waals surface area contributed by atoms with E-state index in [2.05, 4.69) is 5.32 Å². The van der Waals surface area contributed by atoms with E-state index in [9.17, 15) is 55.9 Å². The van der Waals surface area contributed by atoms with Gasteiger partial charge in [0.15, 0.2) is 18.9 Å². The molecular weight excluding hydrogens is 510 g/mol. The number of nitrogens with one attached hydrogen (secondary N) is 1. The molecule has 0 spiro atoms. The van der Waals surface area contributed by atoms with Gasteiger partial charge in [0.2, 0.25) is 5.91 Å². The van der Waals surface area contributed by atoms with Crippen LogP contribution in [0.1, 0.15) is 6.92 Å². The van der Waals surface area contributed by atoms with Gasteiger partial charge in [-0.3, -0.25) is 4.79 Å². The maximum Gasteiger partial charge on any atom is 0.217 e. The third-order valence-electron chi connectivity index (χ3n) is 6.47. The molecule has 37 heavy (non-hydrogen) atoms. The average Bonchev–Trinajstić information content (AvgIpc) is 2.86. The fourth-order valence-electron chi connectivity index (χ4n) is 4.36. The molecular formula is C20H35NO16. The molecule has 11 N–H and O–H groups in total. The van der Waals surface area contributed by atoms with Gasteiger partial charge in [-0.05, 0) is 0 Å². The molecule has 3 fully saturated rings. The molecule has 15 atom stereocenters. The summed E-state index contributed by atoms with van der Waals surface area (Å²) in [6, 6.07) is -1.38. The minimum absolute atomic E-state index is 0.564. The first-order chi connectivity index (χ1) is 17.4. The van der Waals surface area contributed by atoms with E-state index in [0.29, 0.717) is 0 Å². The Bertz CT molecular complexity index is 745. The summed E-state index contributed by atoms with van der Waals surface area (Å²) < 4.78 is 27.0. The molecule has 0 saturated carbocycles. The van der Waals surface area contributed by atoms with Crippen molar-refractivity contribution in [2.24, 2.45) is 0 Å². The Balaban J connectivity index is 1.74. The van der Waals surface area contributed by atoms with Gasteiger partial charge in [0.1, 0.15) is 73.2 Å². The van der Waals surface area contributed by atoms with Crippen molar-refractivity contribution in [1.82, 2.24) is 5.32 Å². The number of ether oxygens (including phenoxy) is 5. The Kier molecular flexibility index (Phi) is 10.5. The highest BCUT2D eigenvalue weighted by molar-refractivity contribution is 5.73. The van der Waals surface area contributed by atoms with Crippen LogP contribution in [0.25, 0.3) is 0 Å². The molecule has 3 saturated heterocycles. The van der Waals surface area contributed by atoms with Crippen molar-refractivity contribution in [3.05, 3.63) is 0 Å². The molecule has 15 unspecified atom stereocenters. The van der Waals surface area contributed by atoms with Gasteiger partial charge >= 0.3 is 0 Å². The van der Waals surface area contributed by atoms with Crippen LogP contribution >= 0.6 is 0 Å². The summed E-state index contributed by atoms with van der Waals surface area (Å²) >= 11 is 0. The van der Waals surface area contributed by atoms with Crippen molar-refractivity contribution in [1.29, 1.82) is 0 Å². The van der Waals surface area contributed by atoms with E-state index in [1.54, 1.807) is 0 Å². The Hall–Kier alpha value is -1.13. The summed E-state index contributed by atoms with van der Waals surface area (Å²) in [6.45, 7) is -0.959. The van der Waals surface area contributed by atoms with E-state index >= 15 is 0 Å². The molecule has 3 heterocycles. The largest absolute Gasteiger partial charge is 0.394 e. The average molecular weight is 545 g/mol. The fraction of sp³-hybridized carbons (Fsp3) is 0.950. The number of rotatable bonds is 8. The predicted octanol–water partition coefficient (Wildman–Crippen LogP) is -7.43. The number of hydrogen-bond acceptors (Lipinski definition) is 16. The summed E-state index contributed by atoms with van der Waals surface area (Å²) in [6.07, 6.45) is -22.7. The normalized spacial score (nSPS) is 49.0. The summed E-state index contributed by atoms with van der Waals surface area (Å²) in [4.78, 5) is 11.8. The fourth-order valence-corrected chi connectivity index (χ4v) is 4.36. The molecule has 216 valence electrons. The van der Waals surface area contributed by atoms with Crippen molar-refractivity contribution in [2.45, 2.75) is 99.0 Å². The van der Waals surface area contributed by atoms with Gasteiger partial charge in [-0.15, -0.1) is 0 Å². The number of aliphatic hydroxyl groups is 10. The Labute approximate surface area is 210 Å². The van der Waals surface area contributed by atoms with Gasteiger partial charge in [-0.1, -0.05) is 0 Å². The molecule has 0 aliphatic carbocycles. The van der Waals surface area contributed by atoms with Gasteiger partial charge in [0.05, 0.1) is 19.8 Å². The quantitative estimate of drug-likeness (QED) is 0.135. The van der Waals surface area contributed by atoms with E-state index in [0.717, 1.165) is 6.92 Å². The molecule has 0 aromatic heterocycles. The Morgan fingerprint density at radius 3 is 1.86 bits per heavy atom. The van der Waals surface area contributed by atoms with Crippen molar-refractivity contribution < 1.29 is 79.5 Å². The molecule has 3 aliphatic heterocycles. The second-order valence-electron chi connectivity index (χ2n) is 9.11. The first-order valence-electron chi connectivity index (χ1n) is 11.6. The van der Waals surface area contributed by atoms with Crippen LogP contribution in [0.15, 0.2) is 0 Å². The van der Waals surface area contributed by atoms with Crippen molar-refractivity contribution in [2.75, 3.05) is 19.8 Å². The lowest BCUT2D eigenvalue weighted by molar-refractivity contribution is -0.352. The van der Waals surface area contributed by atoms with Crippen LogP contribution in [0.2, 0.25) is 0 Å². The molecule has 0 radical (unpaired) electrons. The van der Waals surface area contributed by atoms with Crippen LogP contribution in [0.5, 0.6) is 0 Å². The molecule has 3 aliphatic rings. The van der Waals surface area contributed by atoms with Crippen LogP contribution in [0.3, 0.4) is 0 Å². The van der Waals surface area contributed by atoms with Crippen LogP contribution in [0, 0.1) is 0 Å². The highest BCUT2D eigenvalue weighted by Gasteiger charge is 2.52. The topological polar surface area (TPSA) is 278 Å². The molecule has 1 amide bonds. The Morgan fingerprint density at radius 1 is 0.703 bits per heavy atom. The zero-order valence-corrected chi connectivity index (χ0v) is 19.7. The zero-order chi connectivity index (χ0) is 27.6. The van der Waals surface area contributed by atoms with Gasteiger partial charge in [0.25, 0.3) is 0 Å². The second kappa shape index (κ2) is 12.8. The highest BCUT2D eigenvalue weighted by atomic mass is 16.7. The number of hydrogen-bond donors (Lipinski definition) is 11. The molecule has 17 heteroatoms. The minimum Gasteiger partial charge on any atom is -0.394 e. The number of aliphatic hydroxyl groups excluding tert-OH is 10. The number of amides is 1. The van der Waals surface area contributed by atoms with E-state index in [-0.39, 0.29) is 0 Å².